The minimum atomic E-state index is -3.42. The van der Waals surface area contributed by atoms with Crippen molar-refractivity contribution in [2.75, 3.05) is 24.3 Å². The van der Waals surface area contributed by atoms with E-state index in [2.05, 4.69) is 0 Å². The Balaban J connectivity index is 2.41. The third-order valence-corrected chi connectivity index (χ3v) is 5.87. The second-order valence-electron chi connectivity index (χ2n) is 4.71. The van der Waals surface area contributed by atoms with Crippen molar-refractivity contribution in [2.45, 2.75) is 5.37 Å². The maximum Gasteiger partial charge on any atom is 0.336 e. The number of carboxylic acids is 1. The monoisotopic (exact) mass is 329 g/mol. The molecule has 1 unspecified atom stereocenters. The number of sulfone groups is 1. The molecule has 1 aromatic rings. The summed E-state index contributed by atoms with van der Waals surface area (Å²) in [6.45, 7) is 0.287. The van der Waals surface area contributed by atoms with E-state index >= 15 is 0 Å². The lowest BCUT2D eigenvalue weighted by atomic mass is 10.1. The summed E-state index contributed by atoms with van der Waals surface area (Å²) in [5.41, 5.74) is -0.0986. The highest BCUT2D eigenvalue weighted by atomic mass is 32.2. The van der Waals surface area contributed by atoms with Gasteiger partial charge in [0.1, 0.15) is 5.37 Å². The first-order chi connectivity index (χ1) is 9.82. The van der Waals surface area contributed by atoms with Gasteiger partial charge in [-0.25, -0.2) is 13.2 Å². The number of carbonyl (C=O) groups excluding carboxylic acids is 1. The number of amides is 1. The van der Waals surface area contributed by atoms with E-state index in [0.29, 0.717) is 11.5 Å². The van der Waals surface area contributed by atoms with Gasteiger partial charge in [-0.05, 0) is 12.1 Å². The second kappa shape index (κ2) is 6.07. The van der Waals surface area contributed by atoms with Crippen LogP contribution in [0.4, 0.5) is 0 Å². The summed E-state index contributed by atoms with van der Waals surface area (Å²) in [6.07, 6.45) is 1.09. The van der Waals surface area contributed by atoms with Crippen LogP contribution in [-0.4, -0.2) is 60.0 Å². The molecule has 1 aromatic carbocycles. The summed E-state index contributed by atoms with van der Waals surface area (Å²) in [4.78, 5) is 25.0. The molecule has 1 atom stereocenters. The molecular formula is C13H15NO5S2. The molecule has 1 amide bonds. The van der Waals surface area contributed by atoms with Gasteiger partial charge in [0.05, 0.1) is 11.1 Å². The summed E-state index contributed by atoms with van der Waals surface area (Å²) in [5, 5.41) is 8.23. The van der Waals surface area contributed by atoms with Crippen LogP contribution in [0, 0.1) is 0 Å². The number of aromatic carboxylic acids is 1. The van der Waals surface area contributed by atoms with E-state index in [9.17, 15) is 18.0 Å². The predicted octanol–water partition coefficient (Wildman–Crippen LogP) is 0.945. The number of carboxylic acid groups (broad SMARTS) is 1. The SMILES string of the molecule is CS(=O)(=O)C1CSCCN1C(=O)c1ccccc1C(=O)O. The molecule has 0 aliphatic carbocycles. The zero-order valence-corrected chi connectivity index (χ0v) is 13.0. The molecule has 2 rings (SSSR count). The lowest BCUT2D eigenvalue weighted by molar-refractivity contribution is 0.0673. The van der Waals surface area contributed by atoms with Crippen LogP contribution < -0.4 is 0 Å². The third-order valence-electron chi connectivity index (χ3n) is 3.23. The van der Waals surface area contributed by atoms with E-state index in [1.165, 1.54) is 34.9 Å². The Morgan fingerprint density at radius 1 is 1.29 bits per heavy atom. The van der Waals surface area contributed by atoms with Crippen molar-refractivity contribution in [2.24, 2.45) is 0 Å². The molecule has 0 bridgehead atoms. The van der Waals surface area contributed by atoms with Gasteiger partial charge < -0.3 is 10.0 Å². The molecule has 6 nitrogen and oxygen atoms in total. The van der Waals surface area contributed by atoms with E-state index in [1.54, 1.807) is 6.07 Å². The molecule has 21 heavy (non-hydrogen) atoms. The van der Waals surface area contributed by atoms with Crippen molar-refractivity contribution < 1.29 is 23.1 Å². The quantitative estimate of drug-likeness (QED) is 0.887. The largest absolute Gasteiger partial charge is 0.478 e. The van der Waals surface area contributed by atoms with Crippen LogP contribution in [0.5, 0.6) is 0 Å². The Bertz CT molecular complexity index is 671. The maximum absolute atomic E-state index is 12.6. The number of hydrogen-bond donors (Lipinski definition) is 1. The van der Waals surface area contributed by atoms with Crippen molar-refractivity contribution >= 4 is 33.5 Å². The summed E-state index contributed by atoms with van der Waals surface area (Å²) < 4.78 is 23.7. The third kappa shape index (κ3) is 3.38. The molecule has 1 N–H and O–H groups in total. The number of carbonyl (C=O) groups is 2. The Kier molecular flexibility index (Phi) is 4.58. The van der Waals surface area contributed by atoms with Crippen molar-refractivity contribution in [3.8, 4) is 0 Å². The van der Waals surface area contributed by atoms with Crippen molar-refractivity contribution in [1.82, 2.24) is 4.90 Å². The molecule has 0 aromatic heterocycles. The van der Waals surface area contributed by atoms with E-state index < -0.39 is 27.1 Å². The highest BCUT2D eigenvalue weighted by molar-refractivity contribution is 8.00. The fourth-order valence-electron chi connectivity index (χ4n) is 2.18. The highest BCUT2D eigenvalue weighted by Gasteiger charge is 2.35. The zero-order chi connectivity index (χ0) is 15.6. The molecule has 0 spiro atoms. The highest BCUT2D eigenvalue weighted by Crippen LogP contribution is 2.23. The number of hydrogen-bond acceptors (Lipinski definition) is 5. The minimum Gasteiger partial charge on any atom is -0.478 e. The van der Waals surface area contributed by atoms with Crippen molar-refractivity contribution in [3.63, 3.8) is 0 Å². The lowest BCUT2D eigenvalue weighted by Crippen LogP contribution is -2.50. The van der Waals surface area contributed by atoms with Crippen LogP contribution in [0.3, 0.4) is 0 Å². The molecule has 0 radical (unpaired) electrons. The van der Waals surface area contributed by atoms with Gasteiger partial charge in [0.15, 0.2) is 9.84 Å². The second-order valence-corrected chi connectivity index (χ2v) is 8.06. The minimum absolute atomic E-state index is 0.0190. The number of rotatable bonds is 3. The molecule has 1 fully saturated rings. The summed E-state index contributed by atoms with van der Waals surface area (Å²) >= 11 is 1.47. The molecule has 1 aliphatic heterocycles. The standard InChI is InChI=1S/C13H15NO5S2/c1-21(18,19)11-8-20-7-6-14(11)12(15)9-4-2-3-5-10(9)13(16)17/h2-5,11H,6-8H2,1H3,(H,16,17). The molecule has 1 aliphatic rings. The van der Waals surface area contributed by atoms with Gasteiger partial charge in [-0.2, -0.15) is 11.8 Å². The van der Waals surface area contributed by atoms with Gasteiger partial charge in [-0.15, -0.1) is 0 Å². The van der Waals surface area contributed by atoms with E-state index in [1.807, 2.05) is 0 Å². The first kappa shape index (κ1) is 15.8. The van der Waals surface area contributed by atoms with Crippen LogP contribution >= 0.6 is 11.8 Å². The fourth-order valence-corrected chi connectivity index (χ4v) is 4.99. The van der Waals surface area contributed by atoms with Crippen molar-refractivity contribution in [1.29, 1.82) is 0 Å². The topological polar surface area (TPSA) is 91.8 Å². The Labute approximate surface area is 127 Å². The van der Waals surface area contributed by atoms with Gasteiger partial charge in [-0.1, -0.05) is 12.1 Å². The predicted molar refractivity (Wildman–Crippen MR) is 80.4 cm³/mol. The molecule has 8 heteroatoms. The molecule has 1 heterocycles. The van der Waals surface area contributed by atoms with Crippen LogP contribution in [-0.2, 0) is 9.84 Å². The van der Waals surface area contributed by atoms with Crippen LogP contribution in [0.15, 0.2) is 24.3 Å². The molecule has 0 saturated carbocycles. The van der Waals surface area contributed by atoms with Crippen molar-refractivity contribution in [3.05, 3.63) is 35.4 Å². The number of nitrogens with zero attached hydrogens (tertiary/aromatic N) is 1. The Hall–Kier alpha value is -1.54. The van der Waals surface area contributed by atoms with Crippen LogP contribution in [0.2, 0.25) is 0 Å². The van der Waals surface area contributed by atoms with E-state index in [4.69, 9.17) is 5.11 Å². The fraction of sp³-hybridized carbons (Fsp3) is 0.385. The number of thioether (sulfide) groups is 1. The average molecular weight is 329 g/mol. The van der Waals surface area contributed by atoms with Gasteiger partial charge in [0.25, 0.3) is 5.91 Å². The number of benzene rings is 1. The molecule has 114 valence electrons. The first-order valence-electron chi connectivity index (χ1n) is 6.22. The zero-order valence-electron chi connectivity index (χ0n) is 11.4. The summed E-state index contributed by atoms with van der Waals surface area (Å²) in [7, 11) is -3.42. The van der Waals surface area contributed by atoms with Gasteiger partial charge in [0.2, 0.25) is 0 Å². The van der Waals surface area contributed by atoms with Gasteiger partial charge in [0, 0.05) is 24.3 Å². The Morgan fingerprint density at radius 3 is 2.48 bits per heavy atom. The molecule has 1 saturated heterocycles. The van der Waals surface area contributed by atoms with Crippen LogP contribution in [0.1, 0.15) is 20.7 Å². The Morgan fingerprint density at radius 2 is 1.90 bits per heavy atom. The van der Waals surface area contributed by atoms with E-state index in [0.717, 1.165) is 6.26 Å². The lowest BCUT2D eigenvalue weighted by Gasteiger charge is -2.34. The maximum atomic E-state index is 12.6. The van der Waals surface area contributed by atoms with Crippen LogP contribution in [0.25, 0.3) is 0 Å². The first-order valence-corrected chi connectivity index (χ1v) is 9.33. The van der Waals surface area contributed by atoms with Gasteiger partial charge >= 0.3 is 5.97 Å². The van der Waals surface area contributed by atoms with Gasteiger partial charge in [-0.3, -0.25) is 4.79 Å². The summed E-state index contributed by atoms with van der Waals surface area (Å²) in [5.74, 6) is -0.822. The average Bonchev–Trinajstić information content (AvgIpc) is 2.45. The normalized spacial score (nSPS) is 19.3. The smallest absolute Gasteiger partial charge is 0.336 e. The summed E-state index contributed by atoms with van der Waals surface area (Å²) in [6, 6.07) is 5.84. The molecular weight excluding hydrogens is 314 g/mol. The van der Waals surface area contributed by atoms with E-state index in [-0.39, 0.29) is 17.7 Å².